The van der Waals surface area contributed by atoms with Crippen LogP contribution in [0.25, 0.3) is 17.2 Å². The summed E-state index contributed by atoms with van der Waals surface area (Å²) in [5.74, 6) is 0.824. The molecule has 0 aliphatic rings. The van der Waals surface area contributed by atoms with Gasteiger partial charge in [0.25, 0.3) is 0 Å². The lowest BCUT2D eigenvalue weighted by molar-refractivity contribution is -0.128. The molecule has 0 spiro atoms. The summed E-state index contributed by atoms with van der Waals surface area (Å²) in [7, 11) is 1.61. The molecule has 136 valence electrons. The van der Waals surface area contributed by atoms with E-state index in [0.29, 0.717) is 5.75 Å². The van der Waals surface area contributed by atoms with Gasteiger partial charge in [0.15, 0.2) is 0 Å². The number of aryl methyl sites for hydroxylation is 1. The normalized spacial score (nSPS) is 10.8. The van der Waals surface area contributed by atoms with Crippen LogP contribution in [0.4, 0.5) is 0 Å². The summed E-state index contributed by atoms with van der Waals surface area (Å²) in [6, 6.07) is 21.3. The molecule has 0 radical (unpaired) electrons. The number of rotatable bonds is 5. The van der Waals surface area contributed by atoms with E-state index in [0.717, 1.165) is 26.9 Å². The lowest BCUT2D eigenvalue weighted by Crippen LogP contribution is -2.03. The number of ether oxygens (including phenoxy) is 2. The monoisotopic (exact) mass is 422 g/mol. The maximum atomic E-state index is 12.0. The maximum Gasteiger partial charge on any atom is 0.336 e. The van der Waals surface area contributed by atoms with Crippen molar-refractivity contribution in [3.63, 3.8) is 0 Å². The Balaban J connectivity index is 1.63. The smallest absolute Gasteiger partial charge is 0.336 e. The van der Waals surface area contributed by atoms with Crippen LogP contribution in [-0.2, 0) is 4.79 Å². The van der Waals surface area contributed by atoms with Crippen molar-refractivity contribution in [3.8, 4) is 22.6 Å². The van der Waals surface area contributed by atoms with E-state index >= 15 is 0 Å². The highest BCUT2D eigenvalue weighted by Crippen LogP contribution is 2.26. The van der Waals surface area contributed by atoms with Gasteiger partial charge in [-0.25, -0.2) is 4.79 Å². The molecule has 0 aliphatic heterocycles. The molecule has 0 aliphatic carbocycles. The van der Waals surface area contributed by atoms with Crippen LogP contribution in [0.3, 0.4) is 0 Å². The zero-order chi connectivity index (χ0) is 19.2. The van der Waals surface area contributed by atoms with E-state index < -0.39 is 5.97 Å². The fourth-order valence-corrected chi connectivity index (χ4v) is 3.12. The van der Waals surface area contributed by atoms with Crippen LogP contribution in [0.2, 0.25) is 0 Å². The van der Waals surface area contributed by atoms with Crippen molar-refractivity contribution in [1.82, 2.24) is 0 Å². The van der Waals surface area contributed by atoms with Crippen LogP contribution in [0.15, 0.2) is 77.3 Å². The molecular weight excluding hydrogens is 404 g/mol. The SMILES string of the molecule is COc1ccc(/C=C/C(=O)Oc2ccc(-c3ccc(C)cc3)cc2)cc1Br. The first-order valence-electron chi connectivity index (χ1n) is 8.46. The number of benzene rings is 3. The molecule has 0 bridgehead atoms. The van der Waals surface area contributed by atoms with Crippen molar-refractivity contribution in [3.05, 3.63) is 88.4 Å². The van der Waals surface area contributed by atoms with Gasteiger partial charge in [-0.1, -0.05) is 48.0 Å². The Kier molecular flexibility index (Phi) is 6.09. The summed E-state index contributed by atoms with van der Waals surface area (Å²) in [5, 5.41) is 0. The number of hydrogen-bond acceptors (Lipinski definition) is 3. The fraction of sp³-hybridized carbons (Fsp3) is 0.0870. The number of halogens is 1. The van der Waals surface area contributed by atoms with Gasteiger partial charge in [-0.2, -0.15) is 0 Å². The van der Waals surface area contributed by atoms with Gasteiger partial charge in [-0.15, -0.1) is 0 Å². The van der Waals surface area contributed by atoms with Gasteiger partial charge in [-0.3, -0.25) is 0 Å². The molecule has 3 aromatic carbocycles. The van der Waals surface area contributed by atoms with E-state index in [2.05, 4.69) is 47.1 Å². The van der Waals surface area contributed by atoms with Crippen LogP contribution in [0, 0.1) is 6.92 Å². The summed E-state index contributed by atoms with van der Waals surface area (Å²) in [5.41, 5.74) is 4.30. The lowest BCUT2D eigenvalue weighted by Gasteiger charge is -2.05. The van der Waals surface area contributed by atoms with Gasteiger partial charge in [0.1, 0.15) is 11.5 Å². The molecule has 0 atom stereocenters. The average Bonchev–Trinajstić information content (AvgIpc) is 2.68. The molecule has 0 fully saturated rings. The van der Waals surface area contributed by atoms with Crippen molar-refractivity contribution < 1.29 is 14.3 Å². The lowest BCUT2D eigenvalue weighted by atomic mass is 10.0. The second-order valence-corrected chi connectivity index (χ2v) is 6.89. The number of carbonyl (C=O) groups is 1. The predicted octanol–water partition coefficient (Wildman–Crippen LogP) is 6.05. The quantitative estimate of drug-likeness (QED) is 0.285. The first kappa shape index (κ1) is 18.9. The first-order chi connectivity index (χ1) is 13.0. The Bertz CT molecular complexity index is 958. The van der Waals surface area contributed by atoms with Gasteiger partial charge in [0, 0.05) is 6.08 Å². The summed E-state index contributed by atoms with van der Waals surface area (Å²) in [6.07, 6.45) is 3.11. The highest BCUT2D eigenvalue weighted by atomic mass is 79.9. The highest BCUT2D eigenvalue weighted by Gasteiger charge is 2.04. The van der Waals surface area contributed by atoms with Crippen LogP contribution in [-0.4, -0.2) is 13.1 Å². The van der Waals surface area contributed by atoms with Gasteiger partial charge >= 0.3 is 5.97 Å². The Hall–Kier alpha value is -2.85. The zero-order valence-electron chi connectivity index (χ0n) is 15.1. The van der Waals surface area contributed by atoms with Crippen LogP contribution >= 0.6 is 15.9 Å². The molecule has 3 aromatic rings. The highest BCUT2D eigenvalue weighted by molar-refractivity contribution is 9.10. The Morgan fingerprint density at radius 2 is 1.56 bits per heavy atom. The molecule has 3 rings (SSSR count). The largest absolute Gasteiger partial charge is 0.496 e. The molecule has 27 heavy (non-hydrogen) atoms. The molecule has 0 aromatic heterocycles. The van der Waals surface area contributed by atoms with Gasteiger partial charge in [0.2, 0.25) is 0 Å². The van der Waals surface area contributed by atoms with E-state index in [1.54, 1.807) is 25.3 Å². The number of hydrogen-bond donors (Lipinski definition) is 0. The summed E-state index contributed by atoms with van der Waals surface area (Å²) in [6.45, 7) is 2.06. The fourth-order valence-electron chi connectivity index (χ4n) is 2.56. The second-order valence-electron chi connectivity index (χ2n) is 6.04. The molecule has 0 saturated heterocycles. The van der Waals surface area contributed by atoms with E-state index in [9.17, 15) is 4.79 Å². The minimum atomic E-state index is -0.426. The van der Waals surface area contributed by atoms with E-state index in [1.165, 1.54) is 11.6 Å². The third-order valence-corrected chi connectivity index (χ3v) is 4.67. The minimum absolute atomic E-state index is 0.426. The second kappa shape index (κ2) is 8.69. The molecule has 0 amide bonds. The third kappa shape index (κ3) is 5.08. The Morgan fingerprint density at radius 3 is 2.15 bits per heavy atom. The zero-order valence-corrected chi connectivity index (χ0v) is 16.7. The van der Waals surface area contributed by atoms with Crippen molar-refractivity contribution in [1.29, 1.82) is 0 Å². The van der Waals surface area contributed by atoms with Crippen LogP contribution < -0.4 is 9.47 Å². The Morgan fingerprint density at radius 1 is 0.926 bits per heavy atom. The average molecular weight is 423 g/mol. The van der Waals surface area contributed by atoms with Crippen molar-refractivity contribution in [2.24, 2.45) is 0 Å². The van der Waals surface area contributed by atoms with Crippen LogP contribution in [0.5, 0.6) is 11.5 Å². The van der Waals surface area contributed by atoms with E-state index in [4.69, 9.17) is 9.47 Å². The minimum Gasteiger partial charge on any atom is -0.496 e. The van der Waals surface area contributed by atoms with E-state index in [1.807, 2.05) is 30.3 Å². The van der Waals surface area contributed by atoms with Gasteiger partial charge < -0.3 is 9.47 Å². The Labute approximate surface area is 167 Å². The van der Waals surface area contributed by atoms with E-state index in [-0.39, 0.29) is 0 Å². The molecule has 0 N–H and O–H groups in total. The first-order valence-corrected chi connectivity index (χ1v) is 9.25. The maximum absolute atomic E-state index is 12.0. The molecule has 3 nitrogen and oxygen atoms in total. The molecule has 0 heterocycles. The van der Waals surface area contributed by atoms with Crippen molar-refractivity contribution >= 4 is 28.0 Å². The van der Waals surface area contributed by atoms with Gasteiger partial charge in [0.05, 0.1) is 11.6 Å². The van der Waals surface area contributed by atoms with Crippen molar-refractivity contribution in [2.45, 2.75) is 6.92 Å². The molecule has 4 heteroatoms. The van der Waals surface area contributed by atoms with Crippen molar-refractivity contribution in [2.75, 3.05) is 7.11 Å². The number of esters is 1. The third-order valence-electron chi connectivity index (χ3n) is 4.05. The van der Waals surface area contributed by atoms with Crippen LogP contribution in [0.1, 0.15) is 11.1 Å². The topological polar surface area (TPSA) is 35.5 Å². The molecule has 0 saturated carbocycles. The summed E-state index contributed by atoms with van der Waals surface area (Å²) >= 11 is 3.42. The molecule has 0 unspecified atom stereocenters. The standard InChI is InChI=1S/C23H19BrO3/c1-16-3-7-18(8-4-16)19-9-11-20(12-10-19)27-23(25)14-6-17-5-13-22(26-2)21(24)15-17/h3-15H,1-2H3/b14-6+. The predicted molar refractivity (Wildman–Crippen MR) is 112 cm³/mol. The molecular formula is C23H19BrO3. The number of carbonyl (C=O) groups excluding carboxylic acids is 1. The van der Waals surface area contributed by atoms with Gasteiger partial charge in [-0.05, 0) is 69.9 Å². The summed E-state index contributed by atoms with van der Waals surface area (Å²) in [4.78, 5) is 12.0. The summed E-state index contributed by atoms with van der Waals surface area (Å²) < 4.78 is 11.4. The number of methoxy groups -OCH3 is 1.